The number of aliphatic hydroxyl groups is 1. The SMILES string of the molecule is CC[C@H](CO)NCc1ccc(OCCc2ccccc2)c(OC)c1. The molecule has 0 amide bonds. The Labute approximate surface area is 144 Å². The Morgan fingerprint density at radius 1 is 1.04 bits per heavy atom. The molecular weight excluding hydrogens is 302 g/mol. The van der Waals surface area contributed by atoms with Gasteiger partial charge in [0.25, 0.3) is 0 Å². The standard InChI is InChI=1S/C20H27NO3/c1-3-18(15-22)21-14-17-9-10-19(20(13-17)23-2)24-12-11-16-7-5-4-6-8-16/h4-10,13,18,21-22H,3,11-12,14-15H2,1-2H3/t18-/m1/s1. The number of aliphatic hydroxyl groups excluding tert-OH is 1. The van der Waals surface area contributed by atoms with E-state index in [0.717, 1.165) is 29.9 Å². The van der Waals surface area contributed by atoms with Crippen molar-refractivity contribution >= 4 is 0 Å². The molecule has 4 nitrogen and oxygen atoms in total. The first-order valence-corrected chi connectivity index (χ1v) is 8.44. The fourth-order valence-corrected chi connectivity index (χ4v) is 2.46. The van der Waals surface area contributed by atoms with Crippen molar-refractivity contribution in [1.82, 2.24) is 5.32 Å². The second kappa shape index (κ2) is 9.96. The van der Waals surface area contributed by atoms with Crippen molar-refractivity contribution in [3.05, 3.63) is 59.7 Å². The Morgan fingerprint density at radius 3 is 2.50 bits per heavy atom. The van der Waals surface area contributed by atoms with E-state index < -0.39 is 0 Å². The first kappa shape index (κ1) is 18.3. The van der Waals surface area contributed by atoms with E-state index in [4.69, 9.17) is 9.47 Å². The fraction of sp³-hybridized carbons (Fsp3) is 0.400. The lowest BCUT2D eigenvalue weighted by Gasteiger charge is -2.16. The molecule has 2 N–H and O–H groups in total. The number of ether oxygens (including phenoxy) is 2. The Balaban J connectivity index is 1.91. The van der Waals surface area contributed by atoms with Crippen molar-refractivity contribution in [3.63, 3.8) is 0 Å². The van der Waals surface area contributed by atoms with Crippen LogP contribution in [0.5, 0.6) is 11.5 Å². The number of methoxy groups -OCH3 is 1. The molecule has 0 fully saturated rings. The highest BCUT2D eigenvalue weighted by Gasteiger charge is 2.08. The molecular formula is C20H27NO3. The number of rotatable bonds is 10. The summed E-state index contributed by atoms with van der Waals surface area (Å²) in [5.41, 5.74) is 2.36. The average molecular weight is 329 g/mol. The first-order valence-electron chi connectivity index (χ1n) is 8.44. The van der Waals surface area contributed by atoms with Gasteiger partial charge in [-0.1, -0.05) is 43.3 Å². The van der Waals surface area contributed by atoms with E-state index in [2.05, 4.69) is 24.4 Å². The predicted octanol–water partition coefficient (Wildman–Crippen LogP) is 3.18. The van der Waals surface area contributed by atoms with Gasteiger partial charge in [-0.15, -0.1) is 0 Å². The maximum Gasteiger partial charge on any atom is 0.161 e. The van der Waals surface area contributed by atoms with Gasteiger partial charge in [-0.05, 0) is 29.7 Å². The molecule has 0 bridgehead atoms. The quantitative estimate of drug-likeness (QED) is 0.703. The lowest BCUT2D eigenvalue weighted by Crippen LogP contribution is -2.31. The Bertz CT molecular complexity index is 597. The van der Waals surface area contributed by atoms with Crippen LogP contribution in [0.25, 0.3) is 0 Å². The smallest absolute Gasteiger partial charge is 0.161 e. The highest BCUT2D eigenvalue weighted by Crippen LogP contribution is 2.28. The van der Waals surface area contributed by atoms with Gasteiger partial charge in [-0.2, -0.15) is 0 Å². The van der Waals surface area contributed by atoms with Gasteiger partial charge in [-0.25, -0.2) is 0 Å². The summed E-state index contributed by atoms with van der Waals surface area (Å²) in [6, 6.07) is 16.4. The third kappa shape index (κ3) is 5.55. The van der Waals surface area contributed by atoms with Gasteiger partial charge in [0.05, 0.1) is 20.3 Å². The molecule has 0 heterocycles. The fourth-order valence-electron chi connectivity index (χ4n) is 2.46. The van der Waals surface area contributed by atoms with Gasteiger partial charge in [0.2, 0.25) is 0 Å². The minimum absolute atomic E-state index is 0.123. The summed E-state index contributed by atoms with van der Waals surface area (Å²) in [5.74, 6) is 1.49. The van der Waals surface area contributed by atoms with Crippen molar-refractivity contribution in [3.8, 4) is 11.5 Å². The summed E-state index contributed by atoms with van der Waals surface area (Å²) in [4.78, 5) is 0. The molecule has 1 atom stereocenters. The summed E-state index contributed by atoms with van der Waals surface area (Å²) in [5, 5.41) is 12.6. The Hall–Kier alpha value is -2.04. The van der Waals surface area contributed by atoms with Crippen molar-refractivity contribution in [1.29, 1.82) is 0 Å². The van der Waals surface area contributed by atoms with Gasteiger partial charge < -0.3 is 19.9 Å². The second-order valence-corrected chi connectivity index (χ2v) is 5.74. The molecule has 0 aromatic heterocycles. The molecule has 0 radical (unpaired) electrons. The predicted molar refractivity (Wildman–Crippen MR) is 96.6 cm³/mol. The maximum absolute atomic E-state index is 9.23. The van der Waals surface area contributed by atoms with Crippen molar-refractivity contribution in [2.45, 2.75) is 32.4 Å². The largest absolute Gasteiger partial charge is 0.493 e. The molecule has 4 heteroatoms. The number of hydrogen-bond donors (Lipinski definition) is 2. The zero-order valence-corrected chi connectivity index (χ0v) is 14.5. The lowest BCUT2D eigenvalue weighted by molar-refractivity contribution is 0.238. The molecule has 0 spiro atoms. The van der Waals surface area contributed by atoms with Crippen LogP contribution < -0.4 is 14.8 Å². The summed E-state index contributed by atoms with van der Waals surface area (Å²) >= 11 is 0. The summed E-state index contributed by atoms with van der Waals surface area (Å²) in [6.07, 6.45) is 1.76. The summed E-state index contributed by atoms with van der Waals surface area (Å²) < 4.78 is 11.3. The van der Waals surface area contributed by atoms with Gasteiger partial charge in [0, 0.05) is 19.0 Å². The number of nitrogens with one attached hydrogen (secondary N) is 1. The van der Waals surface area contributed by atoms with Crippen LogP contribution in [0.4, 0.5) is 0 Å². The van der Waals surface area contributed by atoms with Gasteiger partial charge >= 0.3 is 0 Å². The van der Waals surface area contributed by atoms with E-state index >= 15 is 0 Å². The van der Waals surface area contributed by atoms with Crippen LogP contribution in [-0.2, 0) is 13.0 Å². The molecule has 2 rings (SSSR count). The summed E-state index contributed by atoms with van der Waals surface area (Å²) in [6.45, 7) is 3.51. The zero-order chi connectivity index (χ0) is 17.2. The molecule has 0 aliphatic carbocycles. The monoisotopic (exact) mass is 329 g/mol. The van der Waals surface area contributed by atoms with Crippen LogP contribution >= 0.6 is 0 Å². The molecule has 2 aromatic carbocycles. The third-order valence-corrected chi connectivity index (χ3v) is 4.03. The molecule has 0 aliphatic heterocycles. The maximum atomic E-state index is 9.23. The average Bonchev–Trinajstić information content (AvgIpc) is 2.64. The van der Waals surface area contributed by atoms with Gasteiger partial charge in [0.15, 0.2) is 11.5 Å². The van der Waals surface area contributed by atoms with E-state index in [0.29, 0.717) is 13.2 Å². The number of benzene rings is 2. The van der Waals surface area contributed by atoms with Gasteiger partial charge in [-0.3, -0.25) is 0 Å². The third-order valence-electron chi connectivity index (χ3n) is 4.03. The topological polar surface area (TPSA) is 50.7 Å². The Kier molecular flexibility index (Phi) is 7.59. The van der Waals surface area contributed by atoms with E-state index in [-0.39, 0.29) is 12.6 Å². The molecule has 0 aliphatic rings. The zero-order valence-electron chi connectivity index (χ0n) is 14.5. The van der Waals surface area contributed by atoms with Crippen LogP contribution in [-0.4, -0.2) is 31.5 Å². The lowest BCUT2D eigenvalue weighted by atomic mass is 10.1. The minimum atomic E-state index is 0.123. The van der Waals surface area contributed by atoms with Crippen LogP contribution in [0.3, 0.4) is 0 Å². The molecule has 2 aromatic rings. The van der Waals surface area contributed by atoms with Crippen molar-refractivity contribution < 1.29 is 14.6 Å². The number of hydrogen-bond acceptors (Lipinski definition) is 4. The highest BCUT2D eigenvalue weighted by atomic mass is 16.5. The molecule has 0 saturated carbocycles. The first-order chi connectivity index (χ1) is 11.8. The normalized spacial score (nSPS) is 12.0. The Morgan fingerprint density at radius 2 is 1.83 bits per heavy atom. The molecule has 130 valence electrons. The van der Waals surface area contributed by atoms with E-state index in [1.54, 1.807) is 7.11 Å². The van der Waals surface area contributed by atoms with Gasteiger partial charge in [0.1, 0.15) is 0 Å². The molecule has 24 heavy (non-hydrogen) atoms. The van der Waals surface area contributed by atoms with Crippen LogP contribution in [0.15, 0.2) is 48.5 Å². The van der Waals surface area contributed by atoms with E-state index in [9.17, 15) is 5.11 Å². The van der Waals surface area contributed by atoms with E-state index in [1.165, 1.54) is 5.56 Å². The van der Waals surface area contributed by atoms with Crippen molar-refractivity contribution in [2.24, 2.45) is 0 Å². The highest BCUT2D eigenvalue weighted by molar-refractivity contribution is 5.43. The van der Waals surface area contributed by atoms with Crippen molar-refractivity contribution in [2.75, 3.05) is 20.3 Å². The minimum Gasteiger partial charge on any atom is -0.493 e. The molecule has 0 saturated heterocycles. The summed E-state index contributed by atoms with van der Waals surface area (Å²) in [7, 11) is 1.65. The van der Waals surface area contributed by atoms with Crippen LogP contribution in [0, 0.1) is 0 Å². The van der Waals surface area contributed by atoms with Crippen LogP contribution in [0.1, 0.15) is 24.5 Å². The van der Waals surface area contributed by atoms with Crippen LogP contribution in [0.2, 0.25) is 0 Å². The second-order valence-electron chi connectivity index (χ2n) is 5.74. The van der Waals surface area contributed by atoms with E-state index in [1.807, 2.05) is 36.4 Å². The molecule has 0 unspecified atom stereocenters.